The van der Waals surface area contributed by atoms with Crippen LogP contribution in [0, 0.1) is 0 Å². The standard InChI is InChI=1S/C9H20N2O3/c1-9(6-12,7-13)11-8(14)4-2-3-5-10/h12-13H,2-7,10H2,1H3,(H,11,14). The van der Waals surface area contributed by atoms with E-state index in [4.69, 9.17) is 15.9 Å². The molecule has 0 rings (SSSR count). The van der Waals surface area contributed by atoms with E-state index in [2.05, 4.69) is 5.32 Å². The number of nitrogens with two attached hydrogens (primary N) is 1. The molecule has 5 nitrogen and oxygen atoms in total. The van der Waals surface area contributed by atoms with Gasteiger partial charge in [-0.15, -0.1) is 0 Å². The van der Waals surface area contributed by atoms with E-state index >= 15 is 0 Å². The maximum absolute atomic E-state index is 11.3. The first-order valence-electron chi connectivity index (χ1n) is 4.81. The van der Waals surface area contributed by atoms with E-state index in [0.717, 1.165) is 12.8 Å². The number of rotatable bonds is 7. The Kier molecular flexibility index (Phi) is 6.44. The van der Waals surface area contributed by atoms with Gasteiger partial charge in [-0.2, -0.15) is 0 Å². The zero-order chi connectivity index (χ0) is 11.0. The number of unbranched alkanes of at least 4 members (excludes halogenated alkanes) is 1. The van der Waals surface area contributed by atoms with Crippen LogP contribution in [0.3, 0.4) is 0 Å². The monoisotopic (exact) mass is 204 g/mol. The number of aliphatic hydroxyl groups is 2. The Labute approximate surface area is 84.3 Å². The summed E-state index contributed by atoms with van der Waals surface area (Å²) in [5.74, 6) is -0.163. The second-order valence-corrected chi connectivity index (χ2v) is 3.67. The van der Waals surface area contributed by atoms with Crippen LogP contribution in [-0.2, 0) is 4.79 Å². The van der Waals surface area contributed by atoms with Gasteiger partial charge in [-0.3, -0.25) is 4.79 Å². The number of hydrogen-bond acceptors (Lipinski definition) is 4. The van der Waals surface area contributed by atoms with Crippen LogP contribution in [0.15, 0.2) is 0 Å². The van der Waals surface area contributed by atoms with Crippen molar-refractivity contribution in [3.8, 4) is 0 Å². The molecule has 0 fully saturated rings. The minimum atomic E-state index is -0.917. The van der Waals surface area contributed by atoms with Crippen molar-refractivity contribution in [1.29, 1.82) is 0 Å². The molecule has 0 unspecified atom stereocenters. The van der Waals surface area contributed by atoms with Gasteiger partial charge < -0.3 is 21.3 Å². The lowest BCUT2D eigenvalue weighted by Crippen LogP contribution is -2.51. The highest BCUT2D eigenvalue weighted by molar-refractivity contribution is 5.76. The molecular weight excluding hydrogens is 184 g/mol. The molecule has 14 heavy (non-hydrogen) atoms. The average molecular weight is 204 g/mol. The third-order valence-corrected chi connectivity index (χ3v) is 2.00. The molecule has 0 spiro atoms. The highest BCUT2D eigenvalue weighted by Crippen LogP contribution is 2.02. The molecule has 5 N–H and O–H groups in total. The van der Waals surface area contributed by atoms with E-state index in [9.17, 15) is 4.79 Å². The van der Waals surface area contributed by atoms with Crippen molar-refractivity contribution in [2.24, 2.45) is 5.73 Å². The summed E-state index contributed by atoms with van der Waals surface area (Å²) in [6.45, 7) is 1.62. The lowest BCUT2D eigenvalue weighted by molar-refractivity contribution is -0.124. The zero-order valence-corrected chi connectivity index (χ0v) is 8.62. The molecule has 0 atom stereocenters. The van der Waals surface area contributed by atoms with Gasteiger partial charge in [0.15, 0.2) is 0 Å². The molecule has 84 valence electrons. The molecule has 0 aliphatic heterocycles. The smallest absolute Gasteiger partial charge is 0.220 e. The fourth-order valence-corrected chi connectivity index (χ4v) is 0.958. The summed E-state index contributed by atoms with van der Waals surface area (Å²) in [6, 6.07) is 0. The van der Waals surface area contributed by atoms with Crippen molar-refractivity contribution >= 4 is 5.91 Å². The highest BCUT2D eigenvalue weighted by atomic mass is 16.3. The van der Waals surface area contributed by atoms with Gasteiger partial charge in [-0.05, 0) is 26.3 Å². The largest absolute Gasteiger partial charge is 0.394 e. The lowest BCUT2D eigenvalue weighted by Gasteiger charge is -2.26. The summed E-state index contributed by atoms with van der Waals surface area (Å²) < 4.78 is 0. The maximum atomic E-state index is 11.3. The number of carbonyl (C=O) groups excluding carboxylic acids is 1. The Bertz CT molecular complexity index is 169. The number of hydrogen-bond donors (Lipinski definition) is 4. The van der Waals surface area contributed by atoms with Gasteiger partial charge in [0.05, 0.1) is 18.8 Å². The fraction of sp³-hybridized carbons (Fsp3) is 0.889. The summed E-state index contributed by atoms with van der Waals surface area (Å²) in [5, 5.41) is 20.4. The number of nitrogens with one attached hydrogen (secondary N) is 1. The van der Waals surface area contributed by atoms with Crippen LogP contribution >= 0.6 is 0 Å². The van der Waals surface area contributed by atoms with Crippen molar-refractivity contribution in [2.75, 3.05) is 19.8 Å². The van der Waals surface area contributed by atoms with Gasteiger partial charge in [0, 0.05) is 6.42 Å². The van der Waals surface area contributed by atoms with Crippen LogP contribution < -0.4 is 11.1 Å². The minimum Gasteiger partial charge on any atom is -0.394 e. The Morgan fingerprint density at radius 2 is 1.93 bits per heavy atom. The number of carbonyl (C=O) groups is 1. The SMILES string of the molecule is CC(CO)(CO)NC(=O)CCCCN. The molecule has 0 radical (unpaired) electrons. The van der Waals surface area contributed by atoms with Gasteiger partial charge in [0.1, 0.15) is 0 Å². The first-order valence-corrected chi connectivity index (χ1v) is 4.81. The summed E-state index contributed by atoms with van der Waals surface area (Å²) in [5.41, 5.74) is 4.37. The van der Waals surface area contributed by atoms with Crippen molar-refractivity contribution < 1.29 is 15.0 Å². The maximum Gasteiger partial charge on any atom is 0.220 e. The van der Waals surface area contributed by atoms with E-state index in [1.165, 1.54) is 0 Å². The van der Waals surface area contributed by atoms with Crippen molar-refractivity contribution in [3.63, 3.8) is 0 Å². The Morgan fingerprint density at radius 1 is 1.36 bits per heavy atom. The first kappa shape index (κ1) is 13.4. The second kappa shape index (κ2) is 6.75. The summed E-state index contributed by atoms with van der Waals surface area (Å²) in [7, 11) is 0. The van der Waals surface area contributed by atoms with E-state index in [1.54, 1.807) is 6.92 Å². The minimum absolute atomic E-state index is 0.163. The molecule has 0 aromatic heterocycles. The molecule has 0 saturated heterocycles. The van der Waals surface area contributed by atoms with Crippen LogP contribution in [0.5, 0.6) is 0 Å². The van der Waals surface area contributed by atoms with Gasteiger partial charge in [-0.25, -0.2) is 0 Å². The lowest BCUT2D eigenvalue weighted by atomic mass is 10.1. The van der Waals surface area contributed by atoms with Crippen LogP contribution in [0.4, 0.5) is 0 Å². The Hall–Kier alpha value is -0.650. The van der Waals surface area contributed by atoms with Crippen LogP contribution in [0.1, 0.15) is 26.2 Å². The molecule has 0 saturated carbocycles. The summed E-state index contributed by atoms with van der Waals surface area (Å²) in [6.07, 6.45) is 1.92. The van der Waals surface area contributed by atoms with Crippen LogP contribution in [0.2, 0.25) is 0 Å². The molecule has 0 aromatic carbocycles. The summed E-state index contributed by atoms with van der Waals surface area (Å²) in [4.78, 5) is 11.3. The van der Waals surface area contributed by atoms with Gasteiger partial charge >= 0.3 is 0 Å². The predicted molar refractivity (Wildman–Crippen MR) is 53.6 cm³/mol. The molecule has 0 aromatic rings. The van der Waals surface area contributed by atoms with E-state index in [-0.39, 0.29) is 19.1 Å². The molecule has 0 aliphatic rings. The van der Waals surface area contributed by atoms with Gasteiger partial charge in [0.2, 0.25) is 5.91 Å². The van der Waals surface area contributed by atoms with Crippen molar-refractivity contribution in [2.45, 2.75) is 31.7 Å². The van der Waals surface area contributed by atoms with Crippen molar-refractivity contribution in [3.05, 3.63) is 0 Å². The number of aliphatic hydroxyl groups excluding tert-OH is 2. The quantitative estimate of drug-likeness (QED) is 0.399. The molecule has 0 aliphatic carbocycles. The molecule has 0 heterocycles. The van der Waals surface area contributed by atoms with Crippen LogP contribution in [-0.4, -0.2) is 41.4 Å². The third-order valence-electron chi connectivity index (χ3n) is 2.00. The molecule has 0 bridgehead atoms. The van der Waals surface area contributed by atoms with E-state index in [1.807, 2.05) is 0 Å². The zero-order valence-electron chi connectivity index (χ0n) is 8.62. The third kappa shape index (κ3) is 5.16. The van der Waals surface area contributed by atoms with Crippen molar-refractivity contribution in [1.82, 2.24) is 5.32 Å². The Morgan fingerprint density at radius 3 is 2.36 bits per heavy atom. The summed E-state index contributed by atoms with van der Waals surface area (Å²) >= 11 is 0. The first-order chi connectivity index (χ1) is 6.58. The fourth-order valence-electron chi connectivity index (χ4n) is 0.958. The molecule has 1 amide bonds. The normalized spacial score (nSPS) is 11.4. The van der Waals surface area contributed by atoms with Crippen LogP contribution in [0.25, 0.3) is 0 Å². The predicted octanol–water partition coefficient (Wildman–Crippen LogP) is -1.03. The second-order valence-electron chi connectivity index (χ2n) is 3.67. The van der Waals surface area contributed by atoms with Gasteiger partial charge in [-0.1, -0.05) is 0 Å². The van der Waals surface area contributed by atoms with E-state index in [0.29, 0.717) is 13.0 Å². The number of amides is 1. The van der Waals surface area contributed by atoms with Gasteiger partial charge in [0.25, 0.3) is 0 Å². The van der Waals surface area contributed by atoms with E-state index < -0.39 is 5.54 Å². The average Bonchev–Trinajstić information content (AvgIpc) is 2.18. The molecular formula is C9H20N2O3. The highest BCUT2D eigenvalue weighted by Gasteiger charge is 2.23. The topological polar surface area (TPSA) is 95.6 Å². The molecule has 5 heteroatoms. The Balaban J connectivity index is 3.80.